The summed E-state index contributed by atoms with van der Waals surface area (Å²) in [5.74, 6) is -25.5. The molecule has 0 aromatic heterocycles. The molecule has 9 amide bonds. The first-order valence-electron chi connectivity index (χ1n) is 26.1. The van der Waals surface area contributed by atoms with E-state index in [1.807, 2.05) is 0 Å². The van der Waals surface area contributed by atoms with Crippen molar-refractivity contribution in [2.24, 2.45) is 5.73 Å². The monoisotopic (exact) mass is 1220 g/mol. The molecule has 0 heterocycles. The molecule has 0 unspecified atom stereocenters. The number of carboxylic acids is 9. The maximum atomic E-state index is 14.0. The van der Waals surface area contributed by atoms with E-state index in [0.717, 1.165) is 0 Å². The lowest BCUT2D eigenvalue weighted by Gasteiger charge is -2.28. The molecule has 85 heavy (non-hydrogen) atoms. The Morgan fingerprint density at radius 1 is 0.259 bits per heavy atom. The predicted molar refractivity (Wildman–Crippen MR) is 279 cm³/mol. The molecule has 0 aliphatic rings. The third kappa shape index (κ3) is 33.8. The van der Waals surface area contributed by atoms with Gasteiger partial charge in [0, 0.05) is 64.3 Å². The zero-order valence-electron chi connectivity index (χ0n) is 45.8. The van der Waals surface area contributed by atoms with Crippen LogP contribution in [0.15, 0.2) is 0 Å². The van der Waals surface area contributed by atoms with E-state index in [1.165, 1.54) is 0 Å². The van der Waals surface area contributed by atoms with Crippen LogP contribution in [-0.4, -0.2) is 214 Å². The summed E-state index contributed by atoms with van der Waals surface area (Å²) in [5, 5.41) is 103. The number of nitrogens with one attached hydrogen (secondary N) is 9. The maximum absolute atomic E-state index is 14.0. The summed E-state index contributed by atoms with van der Waals surface area (Å²) >= 11 is 0. The van der Waals surface area contributed by atoms with E-state index in [4.69, 9.17) is 10.8 Å². The third-order valence-electron chi connectivity index (χ3n) is 11.8. The maximum Gasteiger partial charge on any atom is 0.303 e. The Balaban J connectivity index is 7.16. The molecule has 0 saturated heterocycles. The van der Waals surface area contributed by atoms with Gasteiger partial charge in [-0.05, 0) is 64.2 Å². The largest absolute Gasteiger partial charge is 0.481 e. The van der Waals surface area contributed by atoms with Crippen LogP contribution in [0.25, 0.3) is 0 Å². The van der Waals surface area contributed by atoms with Crippen molar-refractivity contribution in [3.05, 3.63) is 0 Å². The fraction of sp³-hybridized carbons (Fsp3) is 0.625. The molecule has 0 bridgehead atoms. The highest BCUT2D eigenvalue weighted by Crippen LogP contribution is 2.12. The van der Waals surface area contributed by atoms with E-state index in [9.17, 15) is 127 Å². The van der Waals surface area contributed by atoms with Gasteiger partial charge in [-0.15, -0.1) is 0 Å². The minimum Gasteiger partial charge on any atom is -0.481 e. The minimum absolute atomic E-state index is 0.0826. The summed E-state index contributed by atoms with van der Waals surface area (Å²) in [7, 11) is 0. The highest BCUT2D eigenvalue weighted by atomic mass is 16.4. The standard InChI is InChI=1S/C48H72N10O27/c1-2-21-50-41(78)23(4-13-32(61)62)52-43(80)25(6-15-34(65)66)54-45(82)27(8-17-36(69)70)56-47(84)29(10-19-38(73)74)58-48(85)30(11-20-39(75)76)57-46(83)28(9-18-37(71)72)55-44(81)26(7-16-35(67)68)53-42(79)24(5-14-33(63)64)51-40(77)22(49)3-12-31(59)60/h22-30H,2-21,49H2,1H3,(H,50,78)(H,51,77)(H,52,80)(H,53,79)(H,54,82)(H,55,81)(H,56,84)(H,57,83)(H,58,85)(H,59,60)(H,61,62)(H,63,64)(H,65,66)(H,67,68)(H,69,70)(H,71,72)(H,73,74)(H,75,76)/t22-,23-,24-,25-,26-,27-,28-,29-,30-/m1/s1. The van der Waals surface area contributed by atoms with Gasteiger partial charge in [0.15, 0.2) is 0 Å². The third-order valence-corrected chi connectivity index (χ3v) is 11.8. The number of rotatable bonds is 46. The van der Waals surface area contributed by atoms with Crippen LogP contribution in [0.3, 0.4) is 0 Å². The van der Waals surface area contributed by atoms with E-state index in [-0.39, 0.29) is 6.54 Å². The number of carboxylic acid groups (broad SMARTS) is 9. The Labute approximate surface area is 481 Å². The quantitative estimate of drug-likeness (QED) is 0.0270. The van der Waals surface area contributed by atoms with Crippen molar-refractivity contribution < 1.29 is 132 Å². The molecule has 20 N–H and O–H groups in total. The fourth-order valence-corrected chi connectivity index (χ4v) is 7.26. The number of carbonyl (C=O) groups is 18. The first kappa shape index (κ1) is 75.4. The predicted octanol–water partition coefficient (Wildman–Crippen LogP) is -5.50. The average Bonchev–Trinajstić information content (AvgIpc) is 3.58. The minimum atomic E-state index is -2.11. The first-order chi connectivity index (χ1) is 39.7. The lowest BCUT2D eigenvalue weighted by atomic mass is 10.0. The Bertz CT molecular complexity index is 2460. The van der Waals surface area contributed by atoms with Crippen LogP contribution in [0.5, 0.6) is 0 Å². The Morgan fingerprint density at radius 2 is 0.412 bits per heavy atom. The van der Waals surface area contributed by atoms with Crippen molar-refractivity contribution >= 4 is 107 Å². The second-order valence-electron chi connectivity index (χ2n) is 18.8. The summed E-state index contributed by atoms with van der Waals surface area (Å²) in [4.78, 5) is 226. The molecule has 0 saturated carbocycles. The summed E-state index contributed by atoms with van der Waals surface area (Å²) in [6.45, 7) is 1.76. The summed E-state index contributed by atoms with van der Waals surface area (Å²) in [5.41, 5.74) is 5.70. The SMILES string of the molecule is CCCNC(=O)[C@@H](CCC(=O)O)NC(=O)[C@@H](CCC(=O)O)NC(=O)[C@@H](CCC(=O)O)NC(=O)[C@@H](CCC(=O)O)NC(=O)[C@@H](CCC(=O)O)NC(=O)[C@@H](CCC(=O)O)NC(=O)[C@@H](CCC(=O)O)NC(=O)[C@@H](CCC(=O)O)NC(=O)[C@H](N)CCC(=O)O. The Kier molecular flexibility index (Phi) is 35.3. The van der Waals surface area contributed by atoms with Gasteiger partial charge >= 0.3 is 53.7 Å². The van der Waals surface area contributed by atoms with Crippen molar-refractivity contribution in [1.29, 1.82) is 0 Å². The zero-order valence-corrected chi connectivity index (χ0v) is 45.8. The van der Waals surface area contributed by atoms with Crippen molar-refractivity contribution in [2.75, 3.05) is 6.54 Å². The molecule has 476 valence electrons. The van der Waals surface area contributed by atoms with Gasteiger partial charge in [-0.25, -0.2) is 0 Å². The molecule has 0 aliphatic heterocycles. The summed E-state index contributed by atoms with van der Waals surface area (Å²) in [6.07, 6.45) is -13.8. The smallest absolute Gasteiger partial charge is 0.303 e. The van der Waals surface area contributed by atoms with Crippen LogP contribution in [0.2, 0.25) is 0 Å². The number of hydrogen-bond donors (Lipinski definition) is 19. The van der Waals surface area contributed by atoms with Gasteiger partial charge < -0.3 is 99.5 Å². The van der Waals surface area contributed by atoms with Crippen LogP contribution in [0.1, 0.15) is 129 Å². The van der Waals surface area contributed by atoms with Crippen LogP contribution in [-0.2, 0) is 86.3 Å². The van der Waals surface area contributed by atoms with E-state index in [0.29, 0.717) is 6.42 Å². The average molecular weight is 1220 g/mol. The molecule has 0 aliphatic carbocycles. The Hall–Kier alpha value is -9.58. The van der Waals surface area contributed by atoms with Crippen molar-refractivity contribution in [2.45, 2.75) is 183 Å². The van der Waals surface area contributed by atoms with Gasteiger partial charge in [0.05, 0.1) is 6.04 Å². The number of amides is 9. The van der Waals surface area contributed by atoms with Gasteiger partial charge in [0.25, 0.3) is 0 Å². The zero-order chi connectivity index (χ0) is 65.1. The lowest BCUT2D eigenvalue weighted by molar-refractivity contribution is -0.141. The van der Waals surface area contributed by atoms with Crippen molar-refractivity contribution in [3.63, 3.8) is 0 Å². The molecule has 0 aromatic carbocycles. The second kappa shape index (κ2) is 39.8. The van der Waals surface area contributed by atoms with Crippen LogP contribution >= 0.6 is 0 Å². The van der Waals surface area contributed by atoms with Crippen LogP contribution in [0, 0.1) is 0 Å². The molecular weight excluding hydrogens is 1150 g/mol. The van der Waals surface area contributed by atoms with Crippen LogP contribution in [0.4, 0.5) is 0 Å². The van der Waals surface area contributed by atoms with E-state index in [2.05, 4.69) is 47.9 Å². The van der Waals surface area contributed by atoms with E-state index in [1.54, 1.807) is 6.92 Å². The highest BCUT2D eigenvalue weighted by Gasteiger charge is 2.36. The molecular formula is C48H72N10O27. The van der Waals surface area contributed by atoms with Gasteiger partial charge in [0.2, 0.25) is 53.2 Å². The molecule has 9 atom stereocenters. The molecule has 0 radical (unpaired) electrons. The first-order valence-corrected chi connectivity index (χ1v) is 26.1. The number of carbonyl (C=O) groups excluding carboxylic acids is 9. The molecule has 37 nitrogen and oxygen atoms in total. The van der Waals surface area contributed by atoms with E-state index >= 15 is 0 Å². The molecule has 0 rings (SSSR count). The topological polar surface area (TPSA) is 624 Å². The molecule has 0 spiro atoms. The summed E-state index contributed by atoms with van der Waals surface area (Å²) in [6, 6.07) is -17.2. The number of hydrogen-bond acceptors (Lipinski definition) is 19. The van der Waals surface area contributed by atoms with Crippen LogP contribution < -0.4 is 53.6 Å². The second-order valence-corrected chi connectivity index (χ2v) is 18.8. The van der Waals surface area contributed by atoms with E-state index < -0.39 is 277 Å². The molecule has 37 heteroatoms. The number of nitrogens with two attached hydrogens (primary N) is 1. The normalized spacial score (nSPS) is 13.9. The van der Waals surface area contributed by atoms with Gasteiger partial charge in [-0.1, -0.05) is 6.92 Å². The number of aliphatic carboxylic acids is 9. The van der Waals surface area contributed by atoms with Crippen molar-refractivity contribution in [3.8, 4) is 0 Å². The van der Waals surface area contributed by atoms with Gasteiger partial charge in [-0.3, -0.25) is 86.3 Å². The molecule has 0 aromatic rings. The fourth-order valence-electron chi connectivity index (χ4n) is 7.26. The summed E-state index contributed by atoms with van der Waals surface area (Å²) < 4.78 is 0. The van der Waals surface area contributed by atoms with Crippen molar-refractivity contribution in [1.82, 2.24) is 47.9 Å². The van der Waals surface area contributed by atoms with Gasteiger partial charge in [0.1, 0.15) is 48.3 Å². The lowest BCUT2D eigenvalue weighted by Crippen LogP contribution is -2.60. The molecule has 0 fully saturated rings. The van der Waals surface area contributed by atoms with Gasteiger partial charge in [-0.2, -0.15) is 0 Å². The Morgan fingerprint density at radius 3 is 0.576 bits per heavy atom. The highest BCUT2D eigenvalue weighted by molar-refractivity contribution is 5.99.